The molecule has 0 fully saturated rings. The molecule has 0 aliphatic carbocycles. The van der Waals surface area contributed by atoms with Gasteiger partial charge >= 0.3 is 0 Å². The van der Waals surface area contributed by atoms with Gasteiger partial charge in [0.05, 0.1) is 18.8 Å². The molecule has 1 atom stereocenters. The summed E-state index contributed by atoms with van der Waals surface area (Å²) in [6.07, 6.45) is 1.97. The SMILES string of the molecule is COc1ccc2cc([C@@H]3CC(=O)Nc4c3cnn4C(C)C)c(=O)[nH]c2c1. The van der Waals surface area contributed by atoms with Crippen molar-refractivity contribution in [2.75, 3.05) is 12.4 Å². The number of nitrogens with one attached hydrogen (secondary N) is 2. The zero-order chi connectivity index (χ0) is 18.4. The van der Waals surface area contributed by atoms with E-state index in [1.807, 2.05) is 32.0 Å². The van der Waals surface area contributed by atoms with E-state index in [-0.39, 0.29) is 29.8 Å². The molecule has 2 N–H and O–H groups in total. The second-order valence-corrected chi connectivity index (χ2v) is 6.80. The molecule has 0 unspecified atom stereocenters. The lowest BCUT2D eigenvalue weighted by molar-refractivity contribution is -0.116. The van der Waals surface area contributed by atoms with Crippen molar-refractivity contribution in [1.82, 2.24) is 14.8 Å². The molecule has 0 radical (unpaired) electrons. The zero-order valence-electron chi connectivity index (χ0n) is 14.9. The van der Waals surface area contributed by atoms with Crippen LogP contribution in [0.2, 0.25) is 0 Å². The highest BCUT2D eigenvalue weighted by Crippen LogP contribution is 2.37. The van der Waals surface area contributed by atoms with Crippen molar-refractivity contribution in [1.29, 1.82) is 0 Å². The van der Waals surface area contributed by atoms with Crippen molar-refractivity contribution in [3.8, 4) is 5.75 Å². The minimum atomic E-state index is -0.318. The van der Waals surface area contributed by atoms with E-state index in [4.69, 9.17) is 4.74 Å². The van der Waals surface area contributed by atoms with Gasteiger partial charge in [-0.15, -0.1) is 0 Å². The van der Waals surface area contributed by atoms with Crippen LogP contribution in [-0.4, -0.2) is 27.8 Å². The van der Waals surface area contributed by atoms with Gasteiger partial charge in [-0.3, -0.25) is 9.59 Å². The number of pyridine rings is 1. The molecule has 1 aliphatic rings. The fraction of sp³-hybridized carbons (Fsp3) is 0.316. The van der Waals surface area contributed by atoms with Gasteiger partial charge in [0, 0.05) is 35.6 Å². The van der Waals surface area contributed by atoms with Gasteiger partial charge in [-0.1, -0.05) is 0 Å². The van der Waals surface area contributed by atoms with Gasteiger partial charge < -0.3 is 15.0 Å². The van der Waals surface area contributed by atoms with Crippen molar-refractivity contribution < 1.29 is 9.53 Å². The van der Waals surface area contributed by atoms with Crippen LogP contribution in [0.5, 0.6) is 5.75 Å². The molecule has 7 nitrogen and oxygen atoms in total. The minimum absolute atomic E-state index is 0.111. The van der Waals surface area contributed by atoms with Crippen LogP contribution >= 0.6 is 0 Å². The number of hydrogen-bond acceptors (Lipinski definition) is 4. The summed E-state index contributed by atoms with van der Waals surface area (Å²) in [4.78, 5) is 27.9. The van der Waals surface area contributed by atoms with Crippen molar-refractivity contribution >= 4 is 22.6 Å². The Morgan fingerprint density at radius 3 is 2.77 bits per heavy atom. The van der Waals surface area contributed by atoms with Crippen molar-refractivity contribution in [3.63, 3.8) is 0 Å². The van der Waals surface area contributed by atoms with Gasteiger partial charge in [-0.2, -0.15) is 5.10 Å². The lowest BCUT2D eigenvalue weighted by atomic mass is 9.87. The van der Waals surface area contributed by atoms with Gasteiger partial charge in [0.1, 0.15) is 11.6 Å². The Morgan fingerprint density at radius 1 is 1.23 bits per heavy atom. The van der Waals surface area contributed by atoms with Crippen molar-refractivity contribution in [2.45, 2.75) is 32.2 Å². The first-order valence-corrected chi connectivity index (χ1v) is 8.56. The van der Waals surface area contributed by atoms with E-state index in [2.05, 4.69) is 15.4 Å². The molecule has 2 aromatic heterocycles. The monoisotopic (exact) mass is 352 g/mol. The number of nitrogens with zero attached hydrogens (tertiary/aromatic N) is 2. The van der Waals surface area contributed by atoms with Gasteiger partial charge in [0.2, 0.25) is 5.91 Å². The number of amides is 1. The molecule has 7 heteroatoms. The number of hydrogen-bond donors (Lipinski definition) is 2. The number of fused-ring (bicyclic) bond motifs is 2. The van der Waals surface area contributed by atoms with E-state index in [1.165, 1.54) is 0 Å². The summed E-state index contributed by atoms with van der Waals surface area (Å²) in [5.74, 6) is 0.926. The maximum absolute atomic E-state index is 12.7. The van der Waals surface area contributed by atoms with Crippen LogP contribution in [0.3, 0.4) is 0 Å². The molecule has 1 amide bonds. The molecule has 26 heavy (non-hydrogen) atoms. The summed E-state index contributed by atoms with van der Waals surface area (Å²) in [5, 5.41) is 8.18. The average Bonchev–Trinajstić information content (AvgIpc) is 3.04. The Balaban J connectivity index is 1.87. The third-order valence-corrected chi connectivity index (χ3v) is 4.79. The largest absolute Gasteiger partial charge is 0.497 e. The van der Waals surface area contributed by atoms with Crippen LogP contribution in [0.1, 0.15) is 43.4 Å². The van der Waals surface area contributed by atoms with E-state index in [0.717, 1.165) is 10.9 Å². The summed E-state index contributed by atoms with van der Waals surface area (Å²) in [6, 6.07) is 7.50. The molecule has 0 saturated heterocycles. The molecule has 0 spiro atoms. The average molecular weight is 352 g/mol. The first-order chi connectivity index (χ1) is 12.5. The molecule has 1 aliphatic heterocycles. The lowest BCUT2D eigenvalue weighted by Crippen LogP contribution is -2.28. The van der Waals surface area contributed by atoms with Crippen LogP contribution in [0.15, 0.2) is 35.3 Å². The van der Waals surface area contributed by atoms with E-state index in [0.29, 0.717) is 22.6 Å². The first-order valence-electron chi connectivity index (χ1n) is 8.56. The topological polar surface area (TPSA) is 89.0 Å². The summed E-state index contributed by atoms with van der Waals surface area (Å²) in [7, 11) is 1.59. The number of H-pyrrole nitrogens is 1. The van der Waals surface area contributed by atoms with Crippen LogP contribution in [0.25, 0.3) is 10.9 Å². The number of rotatable bonds is 3. The number of aromatic amines is 1. The number of ether oxygens (including phenoxy) is 1. The van der Waals surface area contributed by atoms with Gasteiger partial charge in [0.15, 0.2) is 0 Å². The quantitative estimate of drug-likeness (QED) is 0.758. The Labute approximate surface area is 150 Å². The zero-order valence-corrected chi connectivity index (χ0v) is 14.9. The second kappa shape index (κ2) is 6.01. The second-order valence-electron chi connectivity index (χ2n) is 6.80. The fourth-order valence-corrected chi connectivity index (χ4v) is 3.49. The van der Waals surface area contributed by atoms with Gasteiger partial charge in [-0.25, -0.2) is 4.68 Å². The Hall–Kier alpha value is -3.09. The fourth-order valence-electron chi connectivity index (χ4n) is 3.49. The summed E-state index contributed by atoms with van der Waals surface area (Å²) < 4.78 is 6.99. The smallest absolute Gasteiger partial charge is 0.252 e. The molecule has 4 rings (SSSR count). The number of anilines is 1. The van der Waals surface area contributed by atoms with E-state index >= 15 is 0 Å². The number of carbonyl (C=O) groups excluding carboxylic acids is 1. The molecule has 134 valence electrons. The molecular formula is C19H20N4O3. The number of carbonyl (C=O) groups is 1. The van der Waals surface area contributed by atoms with E-state index in [9.17, 15) is 9.59 Å². The highest BCUT2D eigenvalue weighted by atomic mass is 16.5. The molecule has 0 bridgehead atoms. The van der Waals surface area contributed by atoms with E-state index in [1.54, 1.807) is 24.1 Å². The molecule has 3 aromatic rings. The molecule has 0 saturated carbocycles. The Bertz CT molecular complexity index is 1060. The standard InChI is InChI=1S/C19H20N4O3/c1-10(2)23-18-15(9-20-23)13(8-17(24)22-18)14-6-11-4-5-12(26-3)7-16(11)21-19(14)25/h4-7,9-10,13H,8H2,1-3H3,(H,21,25)(H,22,24)/t13-/m0/s1. The molecule has 3 heterocycles. The predicted molar refractivity (Wildman–Crippen MR) is 98.8 cm³/mol. The van der Waals surface area contributed by atoms with Crippen molar-refractivity contribution in [2.24, 2.45) is 0 Å². The van der Waals surface area contributed by atoms with E-state index < -0.39 is 0 Å². The third kappa shape index (κ3) is 2.56. The lowest BCUT2D eigenvalue weighted by Gasteiger charge is -2.24. The summed E-state index contributed by atoms with van der Waals surface area (Å²) in [5.41, 5.74) is 1.95. The third-order valence-electron chi connectivity index (χ3n) is 4.79. The first kappa shape index (κ1) is 16.4. The van der Waals surface area contributed by atoms with Crippen LogP contribution in [0, 0.1) is 0 Å². The number of aromatic nitrogens is 3. The van der Waals surface area contributed by atoms with Crippen molar-refractivity contribution in [3.05, 3.63) is 51.9 Å². The predicted octanol–water partition coefficient (Wildman–Crippen LogP) is 2.79. The highest BCUT2D eigenvalue weighted by molar-refractivity contribution is 5.94. The summed E-state index contributed by atoms with van der Waals surface area (Å²) >= 11 is 0. The maximum atomic E-state index is 12.7. The maximum Gasteiger partial charge on any atom is 0.252 e. The van der Waals surface area contributed by atoms with Gasteiger partial charge in [-0.05, 0) is 37.4 Å². The highest BCUT2D eigenvalue weighted by Gasteiger charge is 2.32. The van der Waals surface area contributed by atoms with Crippen LogP contribution in [0.4, 0.5) is 5.82 Å². The minimum Gasteiger partial charge on any atom is -0.497 e. The van der Waals surface area contributed by atoms with Crippen LogP contribution in [-0.2, 0) is 4.79 Å². The Morgan fingerprint density at radius 2 is 2.04 bits per heavy atom. The summed E-state index contributed by atoms with van der Waals surface area (Å²) in [6.45, 7) is 4.00. The number of benzene rings is 1. The number of methoxy groups -OCH3 is 1. The van der Waals surface area contributed by atoms with Crippen LogP contribution < -0.4 is 15.6 Å². The normalized spacial score (nSPS) is 16.6. The molecular weight excluding hydrogens is 332 g/mol. The van der Waals surface area contributed by atoms with Gasteiger partial charge in [0.25, 0.3) is 5.56 Å². The Kier molecular flexibility index (Phi) is 3.79. The molecule has 1 aromatic carbocycles.